The number of aromatic nitrogens is 1. The molecule has 0 aliphatic carbocycles. The molecule has 146 valence electrons. The van der Waals surface area contributed by atoms with Crippen LogP contribution in [0.4, 0.5) is 13.2 Å². The van der Waals surface area contributed by atoms with Gasteiger partial charge in [0.25, 0.3) is 5.91 Å². The highest BCUT2D eigenvalue weighted by molar-refractivity contribution is 7.91. The molecular weight excluding hydrogens is 389 g/mol. The summed E-state index contributed by atoms with van der Waals surface area (Å²) in [6.07, 6.45) is -5.28. The monoisotopic (exact) mass is 404 g/mol. The summed E-state index contributed by atoms with van der Waals surface area (Å²) in [5.74, 6) is -1.96. The third kappa shape index (κ3) is 3.74. The molecule has 0 aliphatic heterocycles. The summed E-state index contributed by atoms with van der Waals surface area (Å²) in [4.78, 5) is 14.3. The Hall–Kier alpha value is -2.66. The molecule has 0 saturated heterocycles. The van der Waals surface area contributed by atoms with Gasteiger partial charge in [0, 0.05) is 0 Å². The molecular formula is C16H15F3N2O5S. The van der Waals surface area contributed by atoms with Crippen LogP contribution >= 0.6 is 0 Å². The van der Waals surface area contributed by atoms with Crippen molar-refractivity contribution in [2.45, 2.75) is 35.4 Å². The van der Waals surface area contributed by atoms with Crippen molar-refractivity contribution >= 4 is 15.7 Å². The molecule has 2 rings (SSSR count). The summed E-state index contributed by atoms with van der Waals surface area (Å²) < 4.78 is 63.5. The molecule has 7 nitrogen and oxygen atoms in total. The van der Waals surface area contributed by atoms with Gasteiger partial charge in [0.15, 0.2) is 5.49 Å². The van der Waals surface area contributed by atoms with Crippen molar-refractivity contribution < 1.29 is 36.7 Å². The van der Waals surface area contributed by atoms with Crippen molar-refractivity contribution in [1.82, 2.24) is 4.73 Å². The first-order valence-corrected chi connectivity index (χ1v) is 8.89. The first-order valence-electron chi connectivity index (χ1n) is 7.40. The molecule has 1 amide bonds. The molecule has 2 N–H and O–H groups in total. The zero-order valence-corrected chi connectivity index (χ0v) is 14.9. The lowest BCUT2D eigenvalue weighted by Crippen LogP contribution is -2.49. The van der Waals surface area contributed by atoms with E-state index in [1.54, 1.807) is 6.07 Å². The predicted octanol–water partition coefficient (Wildman–Crippen LogP) is 1.61. The minimum atomic E-state index is -5.28. The SMILES string of the molecule is Cc1c(S(=O)(=O)c2ccccc2)ccc(=NC(=O)[C@@](C)(O)C(F)(F)F)n1O. The Morgan fingerprint density at radius 2 is 1.67 bits per heavy atom. The number of carbonyl (C=O) groups excluding carboxylic acids is 1. The summed E-state index contributed by atoms with van der Waals surface area (Å²) in [5.41, 5.74) is -4.71. The quantitative estimate of drug-likeness (QED) is 0.756. The van der Waals surface area contributed by atoms with Crippen molar-refractivity contribution in [3.63, 3.8) is 0 Å². The van der Waals surface area contributed by atoms with Crippen LogP contribution in [0.2, 0.25) is 0 Å². The fourth-order valence-corrected chi connectivity index (χ4v) is 3.54. The van der Waals surface area contributed by atoms with E-state index < -0.39 is 33.0 Å². The number of aliphatic hydroxyl groups is 1. The van der Waals surface area contributed by atoms with Crippen LogP contribution in [0, 0.1) is 6.92 Å². The largest absolute Gasteiger partial charge is 0.427 e. The highest BCUT2D eigenvalue weighted by Gasteiger charge is 2.55. The summed E-state index contributed by atoms with van der Waals surface area (Å²) in [5, 5.41) is 19.4. The Bertz CT molecular complexity index is 1040. The maximum absolute atomic E-state index is 12.7. The van der Waals surface area contributed by atoms with Gasteiger partial charge in [-0.15, -0.1) is 0 Å². The molecule has 0 radical (unpaired) electrons. The van der Waals surface area contributed by atoms with Crippen LogP contribution in [0.15, 0.2) is 57.2 Å². The molecule has 2 aromatic rings. The van der Waals surface area contributed by atoms with E-state index in [4.69, 9.17) is 0 Å². The third-order valence-electron chi connectivity index (χ3n) is 3.80. The van der Waals surface area contributed by atoms with Crippen LogP contribution in [-0.4, -0.2) is 41.1 Å². The van der Waals surface area contributed by atoms with Gasteiger partial charge in [-0.05, 0) is 38.1 Å². The fraction of sp³-hybridized carbons (Fsp3) is 0.250. The minimum absolute atomic E-state index is 0.0612. The number of amides is 1. The minimum Gasteiger partial charge on any atom is -0.427 e. The molecule has 0 aliphatic rings. The lowest BCUT2D eigenvalue weighted by atomic mass is 10.1. The van der Waals surface area contributed by atoms with E-state index in [0.29, 0.717) is 0 Å². The number of hydrogen-bond donors (Lipinski definition) is 2. The number of benzene rings is 1. The first kappa shape index (κ1) is 20.6. The van der Waals surface area contributed by atoms with Gasteiger partial charge in [0.05, 0.1) is 15.5 Å². The highest BCUT2D eigenvalue weighted by Crippen LogP contribution is 2.30. The molecule has 1 heterocycles. The second-order valence-corrected chi connectivity index (χ2v) is 7.67. The first-order chi connectivity index (χ1) is 12.3. The van der Waals surface area contributed by atoms with Crippen molar-refractivity contribution in [3.05, 3.63) is 53.6 Å². The van der Waals surface area contributed by atoms with E-state index in [1.165, 1.54) is 31.2 Å². The van der Waals surface area contributed by atoms with Crippen molar-refractivity contribution in [2.24, 2.45) is 4.99 Å². The summed E-state index contributed by atoms with van der Waals surface area (Å²) >= 11 is 0. The number of halogens is 3. The fourth-order valence-electron chi connectivity index (χ4n) is 2.05. The molecule has 1 aromatic carbocycles. The van der Waals surface area contributed by atoms with Crippen molar-refractivity contribution in [1.29, 1.82) is 0 Å². The van der Waals surface area contributed by atoms with Crippen LogP contribution in [0.1, 0.15) is 12.6 Å². The van der Waals surface area contributed by atoms with Crippen molar-refractivity contribution in [3.8, 4) is 0 Å². The maximum atomic E-state index is 12.7. The number of rotatable bonds is 3. The molecule has 27 heavy (non-hydrogen) atoms. The standard InChI is InChI=1S/C16H15F3N2O5S/c1-10-12(27(25,26)11-6-4-3-5-7-11)8-9-13(21(10)24)20-14(22)15(2,23)16(17,18)19/h3-9,23-24H,1-2H3/t15-/m1/s1. The van der Waals surface area contributed by atoms with Gasteiger partial charge in [-0.3, -0.25) is 4.79 Å². The van der Waals surface area contributed by atoms with E-state index in [2.05, 4.69) is 4.99 Å². The molecule has 11 heteroatoms. The second-order valence-electron chi connectivity index (χ2n) is 5.76. The Balaban J connectivity index is 2.58. The topological polar surface area (TPSA) is 109 Å². The second kappa shape index (κ2) is 6.82. The summed E-state index contributed by atoms with van der Waals surface area (Å²) in [7, 11) is -4.03. The van der Waals surface area contributed by atoms with Crippen LogP contribution in [0.25, 0.3) is 0 Å². The van der Waals surface area contributed by atoms with Gasteiger partial charge in [0.2, 0.25) is 15.4 Å². The van der Waals surface area contributed by atoms with E-state index in [1.807, 2.05) is 0 Å². The average Bonchev–Trinajstić information content (AvgIpc) is 2.58. The normalized spacial score (nSPS) is 15.4. The molecule has 0 saturated carbocycles. The molecule has 1 aromatic heterocycles. The number of nitrogens with zero attached hydrogens (tertiary/aromatic N) is 2. The number of hydrogen-bond acceptors (Lipinski definition) is 5. The van der Waals surface area contributed by atoms with Gasteiger partial charge in [0.1, 0.15) is 0 Å². The van der Waals surface area contributed by atoms with Crippen LogP contribution in [0.3, 0.4) is 0 Å². The summed E-state index contributed by atoms with van der Waals surface area (Å²) in [6.45, 7) is 1.41. The zero-order chi connectivity index (χ0) is 20.6. The van der Waals surface area contributed by atoms with Gasteiger partial charge in [-0.2, -0.15) is 22.9 Å². The van der Waals surface area contributed by atoms with Crippen LogP contribution in [0.5, 0.6) is 0 Å². The predicted molar refractivity (Wildman–Crippen MR) is 85.5 cm³/mol. The Morgan fingerprint density at radius 3 is 2.19 bits per heavy atom. The number of pyridine rings is 1. The molecule has 0 spiro atoms. The molecule has 0 fully saturated rings. The van der Waals surface area contributed by atoms with Crippen LogP contribution < -0.4 is 5.49 Å². The van der Waals surface area contributed by atoms with E-state index in [9.17, 15) is 36.7 Å². The van der Waals surface area contributed by atoms with E-state index in [-0.39, 0.29) is 27.1 Å². The van der Waals surface area contributed by atoms with Gasteiger partial charge in [-0.25, -0.2) is 8.42 Å². The summed E-state index contributed by atoms with van der Waals surface area (Å²) in [6, 6.07) is 9.12. The lowest BCUT2D eigenvalue weighted by Gasteiger charge is -2.22. The average molecular weight is 404 g/mol. The third-order valence-corrected chi connectivity index (χ3v) is 5.71. The molecule has 1 atom stereocenters. The van der Waals surface area contributed by atoms with Crippen LogP contribution in [-0.2, 0) is 14.6 Å². The Kier molecular flexibility index (Phi) is 5.21. The smallest absolute Gasteiger partial charge is 0.426 e. The van der Waals surface area contributed by atoms with E-state index in [0.717, 1.165) is 12.1 Å². The van der Waals surface area contributed by atoms with Crippen molar-refractivity contribution in [2.75, 3.05) is 0 Å². The number of carbonyl (C=O) groups is 1. The highest BCUT2D eigenvalue weighted by atomic mass is 32.2. The lowest BCUT2D eigenvalue weighted by molar-refractivity contribution is -0.243. The molecule has 0 unspecified atom stereocenters. The van der Waals surface area contributed by atoms with Gasteiger partial charge in [-0.1, -0.05) is 18.2 Å². The molecule has 0 bridgehead atoms. The Labute approximate surface area is 151 Å². The van der Waals surface area contributed by atoms with E-state index >= 15 is 0 Å². The van der Waals surface area contributed by atoms with Gasteiger partial charge < -0.3 is 10.3 Å². The van der Waals surface area contributed by atoms with Gasteiger partial charge >= 0.3 is 6.18 Å². The number of sulfone groups is 1. The number of alkyl halides is 3. The Morgan fingerprint density at radius 1 is 1.11 bits per heavy atom. The maximum Gasteiger partial charge on any atom is 0.426 e. The zero-order valence-electron chi connectivity index (χ0n) is 14.1.